The summed E-state index contributed by atoms with van der Waals surface area (Å²) in [6, 6.07) is -0.758. The predicted molar refractivity (Wildman–Crippen MR) is 63.6 cm³/mol. The van der Waals surface area contributed by atoms with Crippen molar-refractivity contribution in [1.82, 2.24) is 15.5 Å². The van der Waals surface area contributed by atoms with Crippen molar-refractivity contribution >= 4 is 17.8 Å². The Kier molecular flexibility index (Phi) is 4.28. The third-order valence-corrected chi connectivity index (χ3v) is 2.72. The minimum absolute atomic E-state index is 0.0302. The highest BCUT2D eigenvalue weighted by Gasteiger charge is 2.44. The first kappa shape index (κ1) is 14.4. The molecular weight excluding hydrogens is 238 g/mol. The molecule has 1 fully saturated rings. The average Bonchev–Trinajstić information content (AvgIpc) is 2.41. The Bertz CT molecular complexity index is 367. The first-order valence-electron chi connectivity index (χ1n) is 5.82. The van der Waals surface area contributed by atoms with E-state index in [1.807, 2.05) is 0 Å². The van der Waals surface area contributed by atoms with E-state index in [4.69, 9.17) is 5.11 Å². The summed E-state index contributed by atoms with van der Waals surface area (Å²) < 4.78 is 0. The minimum atomic E-state index is -0.964. The number of imide groups is 1. The molecule has 1 aliphatic heterocycles. The van der Waals surface area contributed by atoms with E-state index in [0.29, 0.717) is 6.42 Å². The van der Waals surface area contributed by atoms with Crippen LogP contribution in [0.2, 0.25) is 0 Å². The topological polar surface area (TPSA) is 98.7 Å². The van der Waals surface area contributed by atoms with Crippen molar-refractivity contribution in [2.45, 2.75) is 38.8 Å². The van der Waals surface area contributed by atoms with E-state index >= 15 is 0 Å². The first-order valence-corrected chi connectivity index (χ1v) is 5.82. The SMILES string of the molecule is CC(CCO)NC(=O)CN1C(=O)NC(C)(C)C1=O. The third-order valence-electron chi connectivity index (χ3n) is 2.72. The van der Waals surface area contributed by atoms with Crippen LogP contribution in [-0.4, -0.2) is 52.6 Å². The van der Waals surface area contributed by atoms with E-state index < -0.39 is 23.4 Å². The zero-order valence-corrected chi connectivity index (χ0v) is 10.8. The number of aliphatic hydroxyl groups excluding tert-OH is 1. The second kappa shape index (κ2) is 5.34. The normalized spacial score (nSPS) is 19.7. The molecule has 0 spiro atoms. The van der Waals surface area contributed by atoms with Crippen molar-refractivity contribution in [3.8, 4) is 0 Å². The molecule has 0 aromatic carbocycles. The Hall–Kier alpha value is -1.63. The Balaban J connectivity index is 2.55. The predicted octanol–water partition coefficient (Wildman–Crippen LogP) is -0.796. The molecule has 1 unspecified atom stereocenters. The lowest BCUT2D eigenvalue weighted by molar-refractivity contribution is -0.134. The number of nitrogens with one attached hydrogen (secondary N) is 2. The first-order chi connectivity index (χ1) is 8.27. The smallest absolute Gasteiger partial charge is 0.325 e. The van der Waals surface area contributed by atoms with Crippen LogP contribution in [0.5, 0.6) is 0 Å². The van der Waals surface area contributed by atoms with Gasteiger partial charge in [-0.05, 0) is 27.2 Å². The Morgan fingerprint density at radius 1 is 1.50 bits per heavy atom. The molecule has 102 valence electrons. The van der Waals surface area contributed by atoms with Crippen molar-refractivity contribution in [3.05, 3.63) is 0 Å². The summed E-state index contributed by atoms with van der Waals surface area (Å²) in [4.78, 5) is 35.8. The molecule has 1 aliphatic rings. The summed E-state index contributed by atoms with van der Waals surface area (Å²) in [6.45, 7) is 4.57. The van der Waals surface area contributed by atoms with Gasteiger partial charge in [-0.15, -0.1) is 0 Å². The summed E-state index contributed by atoms with van der Waals surface area (Å²) in [5, 5.41) is 13.8. The zero-order chi connectivity index (χ0) is 13.9. The molecule has 18 heavy (non-hydrogen) atoms. The molecule has 1 saturated heterocycles. The summed E-state index contributed by atoms with van der Waals surface area (Å²) in [7, 11) is 0. The lowest BCUT2D eigenvalue weighted by atomic mass is 10.1. The molecule has 1 heterocycles. The van der Waals surface area contributed by atoms with E-state index in [1.54, 1.807) is 20.8 Å². The summed E-state index contributed by atoms with van der Waals surface area (Å²) in [5.41, 5.74) is -0.964. The summed E-state index contributed by atoms with van der Waals surface area (Å²) in [6.07, 6.45) is 0.428. The molecule has 0 aromatic rings. The van der Waals surface area contributed by atoms with E-state index in [-0.39, 0.29) is 19.2 Å². The quantitative estimate of drug-likeness (QED) is 0.562. The number of rotatable bonds is 5. The van der Waals surface area contributed by atoms with Crippen LogP contribution in [0.25, 0.3) is 0 Å². The van der Waals surface area contributed by atoms with Crippen molar-refractivity contribution in [3.63, 3.8) is 0 Å². The summed E-state index contributed by atoms with van der Waals surface area (Å²) in [5.74, 6) is -0.838. The number of hydrogen-bond acceptors (Lipinski definition) is 4. The van der Waals surface area contributed by atoms with Gasteiger partial charge in [0.2, 0.25) is 5.91 Å². The van der Waals surface area contributed by atoms with Gasteiger partial charge in [-0.2, -0.15) is 0 Å². The van der Waals surface area contributed by atoms with Gasteiger partial charge in [0.05, 0.1) is 0 Å². The van der Waals surface area contributed by atoms with Crippen LogP contribution in [0.3, 0.4) is 0 Å². The van der Waals surface area contributed by atoms with Crippen molar-refractivity contribution in [2.24, 2.45) is 0 Å². The molecule has 1 rings (SSSR count). The highest BCUT2D eigenvalue weighted by Crippen LogP contribution is 2.15. The van der Waals surface area contributed by atoms with Crippen LogP contribution in [0.4, 0.5) is 4.79 Å². The Labute approximate surface area is 106 Å². The maximum atomic E-state index is 11.8. The second-order valence-corrected chi connectivity index (χ2v) is 4.93. The van der Waals surface area contributed by atoms with Gasteiger partial charge in [0, 0.05) is 12.6 Å². The lowest BCUT2D eigenvalue weighted by Crippen LogP contribution is -2.45. The Morgan fingerprint density at radius 2 is 2.11 bits per heavy atom. The molecule has 4 amide bonds. The van der Waals surface area contributed by atoms with Gasteiger partial charge in [0.1, 0.15) is 12.1 Å². The second-order valence-electron chi connectivity index (χ2n) is 4.93. The van der Waals surface area contributed by atoms with Crippen LogP contribution in [0.1, 0.15) is 27.2 Å². The van der Waals surface area contributed by atoms with Crippen LogP contribution in [-0.2, 0) is 9.59 Å². The van der Waals surface area contributed by atoms with Gasteiger partial charge < -0.3 is 15.7 Å². The standard InChI is InChI=1S/C11H19N3O4/c1-7(4-5-15)12-8(16)6-14-9(17)11(2,3)13-10(14)18/h7,15H,4-6H2,1-3H3,(H,12,16)(H,13,18). The van der Waals surface area contributed by atoms with Crippen LogP contribution in [0.15, 0.2) is 0 Å². The molecule has 0 aliphatic carbocycles. The van der Waals surface area contributed by atoms with E-state index in [9.17, 15) is 14.4 Å². The number of carbonyl (C=O) groups excluding carboxylic acids is 3. The number of nitrogens with zero attached hydrogens (tertiary/aromatic N) is 1. The maximum Gasteiger partial charge on any atom is 0.325 e. The molecule has 7 nitrogen and oxygen atoms in total. The highest BCUT2D eigenvalue weighted by atomic mass is 16.3. The van der Waals surface area contributed by atoms with Gasteiger partial charge >= 0.3 is 6.03 Å². The van der Waals surface area contributed by atoms with Gasteiger partial charge in [0.25, 0.3) is 5.91 Å². The summed E-state index contributed by atoms with van der Waals surface area (Å²) >= 11 is 0. The largest absolute Gasteiger partial charge is 0.396 e. The van der Waals surface area contributed by atoms with Crippen LogP contribution < -0.4 is 10.6 Å². The molecule has 1 atom stereocenters. The maximum absolute atomic E-state index is 11.8. The van der Waals surface area contributed by atoms with Crippen LogP contribution in [0, 0.1) is 0 Å². The average molecular weight is 257 g/mol. The number of carbonyl (C=O) groups is 3. The number of amides is 4. The van der Waals surface area contributed by atoms with Crippen molar-refractivity contribution in [1.29, 1.82) is 0 Å². The van der Waals surface area contributed by atoms with E-state index in [0.717, 1.165) is 4.90 Å². The minimum Gasteiger partial charge on any atom is -0.396 e. The molecule has 0 radical (unpaired) electrons. The van der Waals surface area contributed by atoms with Gasteiger partial charge in [-0.3, -0.25) is 14.5 Å². The fourth-order valence-electron chi connectivity index (χ4n) is 1.69. The lowest BCUT2D eigenvalue weighted by Gasteiger charge is -2.17. The monoisotopic (exact) mass is 257 g/mol. The van der Waals surface area contributed by atoms with Crippen molar-refractivity contribution < 1.29 is 19.5 Å². The number of aliphatic hydroxyl groups is 1. The van der Waals surface area contributed by atoms with Gasteiger partial charge in [-0.25, -0.2) is 4.79 Å². The fourth-order valence-corrected chi connectivity index (χ4v) is 1.69. The van der Waals surface area contributed by atoms with E-state index in [1.165, 1.54) is 0 Å². The van der Waals surface area contributed by atoms with Crippen molar-refractivity contribution in [2.75, 3.05) is 13.2 Å². The third kappa shape index (κ3) is 3.19. The van der Waals surface area contributed by atoms with Gasteiger partial charge in [0.15, 0.2) is 0 Å². The zero-order valence-electron chi connectivity index (χ0n) is 10.8. The Morgan fingerprint density at radius 3 is 2.56 bits per heavy atom. The highest BCUT2D eigenvalue weighted by molar-refractivity contribution is 6.08. The van der Waals surface area contributed by atoms with E-state index in [2.05, 4.69) is 10.6 Å². The molecule has 0 saturated carbocycles. The number of hydrogen-bond donors (Lipinski definition) is 3. The van der Waals surface area contributed by atoms with Gasteiger partial charge in [-0.1, -0.05) is 0 Å². The van der Waals surface area contributed by atoms with Crippen LogP contribution >= 0.6 is 0 Å². The molecule has 7 heteroatoms. The number of urea groups is 1. The molecule has 3 N–H and O–H groups in total. The molecule has 0 bridgehead atoms. The fraction of sp³-hybridized carbons (Fsp3) is 0.727. The molecule has 0 aromatic heterocycles. The molecular formula is C11H19N3O4.